The highest BCUT2D eigenvalue weighted by molar-refractivity contribution is 5.77. The van der Waals surface area contributed by atoms with Gasteiger partial charge in [0, 0.05) is 23.7 Å². The molecular weight excluding hydrogens is 331 g/mol. The molecule has 136 valence electrons. The average Bonchev–Trinajstić information content (AvgIpc) is 2.85. The molecule has 4 nitrogen and oxygen atoms in total. The number of piperidine rings is 1. The Morgan fingerprint density at radius 3 is 2.46 bits per heavy atom. The fourth-order valence-electron chi connectivity index (χ4n) is 4.28. The van der Waals surface area contributed by atoms with Crippen LogP contribution in [0.5, 0.6) is 5.75 Å². The second kappa shape index (κ2) is 7.08. The molecule has 0 aliphatic carbocycles. The summed E-state index contributed by atoms with van der Waals surface area (Å²) in [6.07, 6.45) is 3.62. The van der Waals surface area contributed by atoms with Gasteiger partial charge in [-0.05, 0) is 44.4 Å². The Kier molecular flexibility index (Phi) is 4.64. The van der Waals surface area contributed by atoms with E-state index < -0.39 is 11.9 Å². The molecule has 1 amide bonds. The first-order chi connectivity index (χ1) is 12.6. The zero-order valence-electron chi connectivity index (χ0n) is 14.8. The summed E-state index contributed by atoms with van der Waals surface area (Å²) < 4.78 is 19.8. The number of hydrogen-bond donors (Lipinski definition) is 1. The minimum Gasteiger partial charge on any atom is -0.407 e. The van der Waals surface area contributed by atoms with Gasteiger partial charge in [0.05, 0.1) is 0 Å². The number of halogens is 1. The van der Waals surface area contributed by atoms with Gasteiger partial charge in [-0.2, -0.15) is 0 Å². The Hall–Kier alpha value is -2.40. The van der Waals surface area contributed by atoms with Crippen molar-refractivity contribution in [3.05, 3.63) is 54.3 Å². The number of ether oxygens (including phenoxy) is 1. The Labute approximate surface area is 153 Å². The maximum absolute atomic E-state index is 14.3. The van der Waals surface area contributed by atoms with Crippen molar-refractivity contribution in [2.75, 3.05) is 7.05 Å². The molecule has 0 spiro atoms. The van der Waals surface area contributed by atoms with Crippen LogP contribution in [0.3, 0.4) is 0 Å². The third kappa shape index (κ3) is 3.31. The second-order valence-electron chi connectivity index (χ2n) is 7.24. The van der Waals surface area contributed by atoms with E-state index in [-0.39, 0.29) is 11.8 Å². The van der Waals surface area contributed by atoms with Crippen molar-refractivity contribution < 1.29 is 13.9 Å². The van der Waals surface area contributed by atoms with E-state index in [4.69, 9.17) is 4.74 Å². The standard InChI is InChI=1S/C21H23FN2O2/c1-24-16-10-11-17(24)13-15(12-16)23-21(25)26-20-18(8-5-9-19(20)22)14-6-3-2-4-7-14/h2-9,15-17H,10-13H2,1H3,(H,23,25). The lowest BCUT2D eigenvalue weighted by Gasteiger charge is -2.36. The minimum atomic E-state index is -0.582. The first-order valence-electron chi connectivity index (χ1n) is 9.16. The number of amides is 1. The predicted octanol–water partition coefficient (Wildman–Crippen LogP) is 4.21. The molecule has 2 aromatic carbocycles. The number of carbonyl (C=O) groups excluding carboxylic acids is 1. The first kappa shape index (κ1) is 17.0. The van der Waals surface area contributed by atoms with E-state index in [0.717, 1.165) is 18.4 Å². The first-order valence-corrected chi connectivity index (χ1v) is 9.16. The Bertz CT molecular complexity index is 782. The highest BCUT2D eigenvalue weighted by Crippen LogP contribution is 2.35. The summed E-state index contributed by atoms with van der Waals surface area (Å²) >= 11 is 0. The van der Waals surface area contributed by atoms with Gasteiger partial charge in [-0.3, -0.25) is 0 Å². The van der Waals surface area contributed by atoms with Gasteiger partial charge < -0.3 is 15.0 Å². The van der Waals surface area contributed by atoms with E-state index in [2.05, 4.69) is 17.3 Å². The summed E-state index contributed by atoms with van der Waals surface area (Å²) in [5.41, 5.74) is 1.39. The molecule has 2 aliphatic heterocycles. The van der Waals surface area contributed by atoms with Gasteiger partial charge in [-0.1, -0.05) is 42.5 Å². The molecule has 0 radical (unpaired) electrons. The Balaban J connectivity index is 1.48. The maximum Gasteiger partial charge on any atom is 0.412 e. The number of hydrogen-bond acceptors (Lipinski definition) is 3. The van der Waals surface area contributed by atoms with Gasteiger partial charge >= 0.3 is 6.09 Å². The smallest absolute Gasteiger partial charge is 0.407 e. The van der Waals surface area contributed by atoms with Crippen molar-refractivity contribution >= 4 is 6.09 Å². The molecule has 2 saturated heterocycles. The van der Waals surface area contributed by atoms with Gasteiger partial charge in [-0.15, -0.1) is 0 Å². The van der Waals surface area contributed by atoms with E-state index in [9.17, 15) is 9.18 Å². The number of carbonyl (C=O) groups is 1. The highest BCUT2D eigenvalue weighted by atomic mass is 19.1. The largest absolute Gasteiger partial charge is 0.412 e. The molecule has 2 unspecified atom stereocenters. The second-order valence-corrected chi connectivity index (χ2v) is 7.24. The summed E-state index contributed by atoms with van der Waals surface area (Å²) in [6.45, 7) is 0. The average molecular weight is 354 g/mol. The molecule has 0 saturated carbocycles. The summed E-state index contributed by atoms with van der Waals surface area (Å²) in [4.78, 5) is 14.8. The number of nitrogens with zero attached hydrogens (tertiary/aromatic N) is 1. The Morgan fingerprint density at radius 1 is 1.08 bits per heavy atom. The topological polar surface area (TPSA) is 41.6 Å². The number of nitrogens with one attached hydrogen (secondary N) is 1. The van der Waals surface area contributed by atoms with Crippen molar-refractivity contribution in [1.29, 1.82) is 0 Å². The molecule has 26 heavy (non-hydrogen) atoms. The van der Waals surface area contributed by atoms with Crippen molar-refractivity contribution in [1.82, 2.24) is 10.2 Å². The molecular formula is C21H23FN2O2. The van der Waals surface area contributed by atoms with Crippen LogP contribution in [0.25, 0.3) is 11.1 Å². The summed E-state index contributed by atoms with van der Waals surface area (Å²) in [6, 6.07) is 15.2. The molecule has 1 N–H and O–H groups in total. The monoisotopic (exact) mass is 354 g/mol. The zero-order valence-corrected chi connectivity index (χ0v) is 14.8. The van der Waals surface area contributed by atoms with Crippen LogP contribution >= 0.6 is 0 Å². The lowest BCUT2D eigenvalue weighted by atomic mass is 9.98. The SMILES string of the molecule is CN1C2CCC1CC(NC(=O)Oc1c(F)cccc1-c1ccccc1)C2. The maximum atomic E-state index is 14.3. The van der Waals surface area contributed by atoms with Crippen molar-refractivity contribution in [2.24, 2.45) is 0 Å². The van der Waals surface area contributed by atoms with E-state index >= 15 is 0 Å². The molecule has 2 fully saturated rings. The zero-order chi connectivity index (χ0) is 18.1. The van der Waals surface area contributed by atoms with Crippen molar-refractivity contribution in [3.8, 4) is 16.9 Å². The molecule has 2 aliphatic rings. The van der Waals surface area contributed by atoms with Gasteiger partial charge in [0.2, 0.25) is 0 Å². The van der Waals surface area contributed by atoms with Crippen molar-refractivity contribution in [3.63, 3.8) is 0 Å². The number of fused-ring (bicyclic) bond motifs is 2. The molecule has 2 atom stereocenters. The minimum absolute atomic E-state index is 0.0212. The van der Waals surface area contributed by atoms with Crippen LogP contribution < -0.4 is 10.1 Å². The van der Waals surface area contributed by atoms with Crippen LogP contribution in [0, 0.1) is 5.82 Å². The molecule has 2 heterocycles. The van der Waals surface area contributed by atoms with Crippen LogP contribution in [-0.4, -0.2) is 36.2 Å². The number of para-hydroxylation sites is 1. The van der Waals surface area contributed by atoms with E-state index in [1.165, 1.54) is 18.9 Å². The highest BCUT2D eigenvalue weighted by Gasteiger charge is 2.39. The van der Waals surface area contributed by atoms with Crippen LogP contribution in [0.1, 0.15) is 25.7 Å². The van der Waals surface area contributed by atoms with Gasteiger partial charge in [0.15, 0.2) is 11.6 Å². The number of benzene rings is 2. The summed E-state index contributed by atoms with van der Waals surface area (Å²) in [7, 11) is 2.16. The quantitative estimate of drug-likeness (QED) is 0.898. The lowest BCUT2D eigenvalue weighted by Crippen LogP contribution is -2.49. The van der Waals surface area contributed by atoms with Crippen LogP contribution in [-0.2, 0) is 0 Å². The number of rotatable bonds is 3. The Morgan fingerprint density at radius 2 is 1.77 bits per heavy atom. The van der Waals surface area contributed by atoms with Gasteiger partial charge in [-0.25, -0.2) is 9.18 Å². The normalized spacial score (nSPS) is 25.1. The molecule has 2 aromatic rings. The summed E-state index contributed by atoms with van der Waals surface area (Å²) in [5, 5.41) is 2.94. The van der Waals surface area contributed by atoms with Crippen molar-refractivity contribution in [2.45, 2.75) is 43.8 Å². The fraction of sp³-hybridized carbons (Fsp3) is 0.381. The summed E-state index contributed by atoms with van der Waals surface area (Å²) in [5.74, 6) is -0.558. The molecule has 5 heteroatoms. The van der Waals surface area contributed by atoms with E-state index in [1.54, 1.807) is 12.1 Å². The molecule has 2 bridgehead atoms. The third-order valence-electron chi connectivity index (χ3n) is 5.67. The van der Waals surface area contributed by atoms with Crippen LogP contribution in [0.4, 0.5) is 9.18 Å². The van der Waals surface area contributed by atoms with Gasteiger partial charge in [0.25, 0.3) is 0 Å². The van der Waals surface area contributed by atoms with Gasteiger partial charge in [0.1, 0.15) is 0 Å². The lowest BCUT2D eigenvalue weighted by molar-refractivity contribution is 0.140. The van der Waals surface area contributed by atoms with E-state index in [0.29, 0.717) is 17.6 Å². The molecule has 4 rings (SSSR count). The fourth-order valence-corrected chi connectivity index (χ4v) is 4.28. The third-order valence-corrected chi connectivity index (χ3v) is 5.67. The van der Waals surface area contributed by atoms with Crippen LogP contribution in [0.2, 0.25) is 0 Å². The predicted molar refractivity (Wildman–Crippen MR) is 98.6 cm³/mol. The van der Waals surface area contributed by atoms with E-state index in [1.807, 2.05) is 30.3 Å². The van der Waals surface area contributed by atoms with Crippen LogP contribution in [0.15, 0.2) is 48.5 Å². The molecule has 0 aromatic heterocycles.